The van der Waals surface area contributed by atoms with Gasteiger partial charge in [0.1, 0.15) is 0 Å². The molecule has 2 N–H and O–H groups in total. The average molecular weight is 249 g/mol. The van der Waals surface area contributed by atoms with Gasteiger partial charge in [-0.2, -0.15) is 0 Å². The van der Waals surface area contributed by atoms with Crippen molar-refractivity contribution in [2.24, 2.45) is 5.92 Å². The van der Waals surface area contributed by atoms with E-state index in [-0.39, 0.29) is 11.9 Å². The molecule has 18 heavy (non-hydrogen) atoms. The quantitative estimate of drug-likeness (QED) is 0.747. The third-order valence-electron chi connectivity index (χ3n) is 3.51. The predicted octanol–water partition coefficient (Wildman–Crippen LogP) is 0.0563. The zero-order valence-electron chi connectivity index (χ0n) is 10.4. The maximum absolute atomic E-state index is 11.1. The fourth-order valence-electron chi connectivity index (χ4n) is 2.28. The molecule has 1 aliphatic heterocycles. The maximum atomic E-state index is 11.1. The lowest BCUT2D eigenvalue weighted by molar-refractivity contribution is -0.119. The number of carbonyl (C=O) groups is 1. The first kappa shape index (κ1) is 11.6. The molecule has 1 aliphatic carbocycles. The summed E-state index contributed by atoms with van der Waals surface area (Å²) in [6.45, 7) is 2.60. The number of carbonyl (C=O) groups excluding carboxylic acids is 1. The smallest absolute Gasteiger partial charge is 0.220 e. The van der Waals surface area contributed by atoms with Crippen LogP contribution >= 0.6 is 0 Å². The molecular formula is C12H19N5O. The Morgan fingerprint density at radius 2 is 2.33 bits per heavy atom. The van der Waals surface area contributed by atoms with Crippen molar-refractivity contribution in [2.45, 2.75) is 44.8 Å². The largest absolute Gasteiger partial charge is 0.351 e. The monoisotopic (exact) mass is 249 g/mol. The molecule has 98 valence electrons. The summed E-state index contributed by atoms with van der Waals surface area (Å²) in [6, 6.07) is 0.214. The van der Waals surface area contributed by atoms with Gasteiger partial charge < -0.3 is 10.6 Å². The van der Waals surface area contributed by atoms with E-state index in [2.05, 4.69) is 20.9 Å². The Bertz CT molecular complexity index is 426. The van der Waals surface area contributed by atoms with Crippen LogP contribution in [0.4, 0.5) is 0 Å². The molecule has 1 aromatic heterocycles. The molecular weight excluding hydrogens is 230 g/mol. The standard InChI is InChI=1S/C12H19N5O/c18-12-4-3-10(14-12)7-17-8-11(15-16-17)6-13-5-9-1-2-9/h8-10,13H,1-7H2,(H,14,18). The van der Waals surface area contributed by atoms with Crippen LogP contribution in [0.5, 0.6) is 0 Å². The number of nitrogens with one attached hydrogen (secondary N) is 2. The molecule has 1 atom stereocenters. The second-order valence-electron chi connectivity index (χ2n) is 5.31. The lowest BCUT2D eigenvalue weighted by atomic mass is 10.2. The molecule has 1 aromatic rings. The molecule has 0 spiro atoms. The van der Waals surface area contributed by atoms with E-state index in [1.807, 2.05) is 10.9 Å². The van der Waals surface area contributed by atoms with E-state index in [1.54, 1.807) is 0 Å². The summed E-state index contributed by atoms with van der Waals surface area (Å²) in [7, 11) is 0. The van der Waals surface area contributed by atoms with Crippen LogP contribution < -0.4 is 10.6 Å². The average Bonchev–Trinajstić information content (AvgIpc) is 2.92. The summed E-state index contributed by atoms with van der Waals surface area (Å²) in [5.41, 5.74) is 0.972. The zero-order valence-corrected chi connectivity index (χ0v) is 10.4. The van der Waals surface area contributed by atoms with Crippen molar-refractivity contribution < 1.29 is 4.79 Å². The van der Waals surface area contributed by atoms with Crippen LogP contribution in [0.25, 0.3) is 0 Å². The van der Waals surface area contributed by atoms with E-state index in [1.165, 1.54) is 12.8 Å². The highest BCUT2D eigenvalue weighted by molar-refractivity contribution is 5.78. The topological polar surface area (TPSA) is 71.8 Å². The van der Waals surface area contributed by atoms with Crippen molar-refractivity contribution in [3.8, 4) is 0 Å². The van der Waals surface area contributed by atoms with Gasteiger partial charge in [0.25, 0.3) is 0 Å². The molecule has 2 fully saturated rings. The summed E-state index contributed by atoms with van der Waals surface area (Å²) in [4.78, 5) is 11.1. The molecule has 2 heterocycles. The van der Waals surface area contributed by atoms with Gasteiger partial charge >= 0.3 is 0 Å². The van der Waals surface area contributed by atoms with Crippen LogP contribution in [0.2, 0.25) is 0 Å². The van der Waals surface area contributed by atoms with Crippen LogP contribution in [0.3, 0.4) is 0 Å². The number of hydrogen-bond acceptors (Lipinski definition) is 4. The molecule has 6 heteroatoms. The van der Waals surface area contributed by atoms with Crippen molar-refractivity contribution in [2.75, 3.05) is 6.54 Å². The fourth-order valence-corrected chi connectivity index (χ4v) is 2.28. The molecule has 1 saturated heterocycles. The molecule has 1 amide bonds. The summed E-state index contributed by atoms with van der Waals surface area (Å²) in [6.07, 6.45) is 6.22. The molecule has 6 nitrogen and oxygen atoms in total. The molecule has 2 aliphatic rings. The SMILES string of the molecule is O=C1CCC(Cn2cc(CNCC3CC3)nn2)N1. The Kier molecular flexibility index (Phi) is 3.27. The Balaban J connectivity index is 1.44. The Morgan fingerprint density at radius 3 is 3.06 bits per heavy atom. The summed E-state index contributed by atoms with van der Waals surface area (Å²) >= 11 is 0. The lowest BCUT2D eigenvalue weighted by Crippen LogP contribution is -2.29. The number of nitrogens with zero attached hydrogens (tertiary/aromatic N) is 3. The van der Waals surface area contributed by atoms with Crippen LogP contribution in [0, 0.1) is 5.92 Å². The zero-order chi connectivity index (χ0) is 12.4. The van der Waals surface area contributed by atoms with E-state index in [0.717, 1.165) is 37.7 Å². The Morgan fingerprint density at radius 1 is 1.44 bits per heavy atom. The van der Waals surface area contributed by atoms with Crippen LogP contribution in [-0.2, 0) is 17.9 Å². The van der Waals surface area contributed by atoms with E-state index >= 15 is 0 Å². The molecule has 1 saturated carbocycles. The number of hydrogen-bond donors (Lipinski definition) is 2. The van der Waals surface area contributed by atoms with Crippen molar-refractivity contribution in [3.05, 3.63) is 11.9 Å². The van der Waals surface area contributed by atoms with Crippen LogP contribution in [0.15, 0.2) is 6.20 Å². The second-order valence-corrected chi connectivity index (χ2v) is 5.31. The molecule has 3 rings (SSSR count). The minimum absolute atomic E-state index is 0.145. The van der Waals surface area contributed by atoms with Gasteiger partial charge in [-0.15, -0.1) is 5.10 Å². The molecule has 0 bridgehead atoms. The van der Waals surface area contributed by atoms with Gasteiger partial charge in [0, 0.05) is 25.2 Å². The fraction of sp³-hybridized carbons (Fsp3) is 0.750. The van der Waals surface area contributed by atoms with E-state index in [4.69, 9.17) is 0 Å². The highest BCUT2D eigenvalue weighted by atomic mass is 16.1. The van der Waals surface area contributed by atoms with Crippen molar-refractivity contribution in [1.29, 1.82) is 0 Å². The van der Waals surface area contributed by atoms with Gasteiger partial charge in [0.2, 0.25) is 5.91 Å². The molecule has 0 radical (unpaired) electrons. The minimum Gasteiger partial charge on any atom is -0.351 e. The van der Waals surface area contributed by atoms with Gasteiger partial charge in [-0.3, -0.25) is 9.48 Å². The Hall–Kier alpha value is -1.43. The summed E-state index contributed by atoms with van der Waals surface area (Å²) < 4.78 is 1.82. The first-order chi connectivity index (χ1) is 8.79. The third kappa shape index (κ3) is 3.07. The lowest BCUT2D eigenvalue weighted by Gasteiger charge is -2.08. The number of aromatic nitrogens is 3. The second kappa shape index (κ2) is 5.06. The highest BCUT2D eigenvalue weighted by Gasteiger charge is 2.22. The van der Waals surface area contributed by atoms with E-state index in [9.17, 15) is 4.79 Å². The third-order valence-corrected chi connectivity index (χ3v) is 3.51. The minimum atomic E-state index is 0.145. The van der Waals surface area contributed by atoms with Crippen LogP contribution in [-0.4, -0.2) is 33.5 Å². The van der Waals surface area contributed by atoms with Crippen molar-refractivity contribution >= 4 is 5.91 Å². The first-order valence-electron chi connectivity index (χ1n) is 6.68. The van der Waals surface area contributed by atoms with Crippen molar-refractivity contribution in [1.82, 2.24) is 25.6 Å². The van der Waals surface area contributed by atoms with E-state index < -0.39 is 0 Å². The van der Waals surface area contributed by atoms with Gasteiger partial charge in [-0.25, -0.2) is 0 Å². The van der Waals surface area contributed by atoms with Gasteiger partial charge in [-0.1, -0.05) is 5.21 Å². The normalized spacial score (nSPS) is 23.3. The van der Waals surface area contributed by atoms with E-state index in [0.29, 0.717) is 6.42 Å². The molecule has 0 aromatic carbocycles. The van der Waals surface area contributed by atoms with Gasteiger partial charge in [0.15, 0.2) is 0 Å². The van der Waals surface area contributed by atoms with Gasteiger partial charge in [0.05, 0.1) is 12.2 Å². The predicted molar refractivity (Wildman–Crippen MR) is 65.6 cm³/mol. The highest BCUT2D eigenvalue weighted by Crippen LogP contribution is 2.27. The van der Waals surface area contributed by atoms with Crippen LogP contribution in [0.1, 0.15) is 31.4 Å². The maximum Gasteiger partial charge on any atom is 0.220 e. The van der Waals surface area contributed by atoms with Gasteiger partial charge in [-0.05, 0) is 31.7 Å². The first-order valence-corrected chi connectivity index (χ1v) is 6.68. The van der Waals surface area contributed by atoms with Crippen molar-refractivity contribution in [3.63, 3.8) is 0 Å². The summed E-state index contributed by atoms with van der Waals surface area (Å²) in [5, 5.41) is 14.6. The summed E-state index contributed by atoms with van der Waals surface area (Å²) in [5.74, 6) is 1.03. The number of rotatable bonds is 6. The molecule has 1 unspecified atom stereocenters. The number of amides is 1. The Labute approximate surface area is 106 Å².